The average molecular weight is 278 g/mol. The van der Waals surface area contributed by atoms with Crippen LogP contribution in [0.25, 0.3) is 0 Å². The Balaban J connectivity index is 2.54. The van der Waals surface area contributed by atoms with Gasteiger partial charge >= 0.3 is 5.97 Å². The predicted octanol–water partition coefficient (Wildman–Crippen LogP) is 3.51. The van der Waals surface area contributed by atoms with Gasteiger partial charge in [-0.05, 0) is 36.6 Å². The summed E-state index contributed by atoms with van der Waals surface area (Å²) in [6.45, 7) is 0. The van der Waals surface area contributed by atoms with E-state index in [0.29, 0.717) is 11.4 Å². The van der Waals surface area contributed by atoms with Crippen LogP contribution in [0.4, 0.5) is 0 Å². The molecule has 0 saturated heterocycles. The van der Waals surface area contributed by atoms with E-state index < -0.39 is 5.97 Å². The van der Waals surface area contributed by atoms with Gasteiger partial charge in [-0.2, -0.15) is 0 Å². The molecule has 0 amide bonds. The van der Waals surface area contributed by atoms with Gasteiger partial charge in [0.2, 0.25) is 0 Å². The Morgan fingerprint density at radius 2 is 2.14 bits per heavy atom. The Labute approximate surface area is 96.0 Å². The first kappa shape index (κ1) is 11.5. The summed E-state index contributed by atoms with van der Waals surface area (Å²) < 4.78 is 0.926. The van der Waals surface area contributed by atoms with Crippen LogP contribution in [0, 0.1) is 0 Å². The van der Waals surface area contributed by atoms with Gasteiger partial charge in [0.25, 0.3) is 0 Å². The number of rotatable bonds is 4. The number of aliphatic carboxylic acids is 1. The third kappa shape index (κ3) is 4.11. The first-order chi connectivity index (χ1) is 6.58. The van der Waals surface area contributed by atoms with E-state index in [4.69, 9.17) is 16.7 Å². The van der Waals surface area contributed by atoms with E-state index in [1.54, 1.807) is 0 Å². The van der Waals surface area contributed by atoms with Gasteiger partial charge in [0.05, 0.1) is 0 Å². The van der Waals surface area contributed by atoms with Crippen molar-refractivity contribution in [3.05, 3.63) is 33.3 Å². The van der Waals surface area contributed by atoms with E-state index in [9.17, 15) is 4.79 Å². The number of hydrogen-bond acceptors (Lipinski definition) is 1. The summed E-state index contributed by atoms with van der Waals surface area (Å²) in [5, 5.41) is 9.14. The molecule has 0 heterocycles. The molecule has 0 spiro atoms. The van der Waals surface area contributed by atoms with E-state index in [1.165, 1.54) is 0 Å². The number of benzene rings is 1. The molecule has 0 saturated carbocycles. The summed E-state index contributed by atoms with van der Waals surface area (Å²) >= 11 is 9.18. The topological polar surface area (TPSA) is 37.3 Å². The highest BCUT2D eigenvalue weighted by atomic mass is 79.9. The number of carboxylic acid groups (broad SMARTS) is 1. The lowest BCUT2D eigenvalue weighted by atomic mass is 10.1. The lowest BCUT2D eigenvalue weighted by Crippen LogP contribution is -1.95. The maximum Gasteiger partial charge on any atom is 0.303 e. The molecule has 14 heavy (non-hydrogen) atoms. The van der Waals surface area contributed by atoms with Crippen molar-refractivity contribution in [2.24, 2.45) is 0 Å². The molecule has 0 bridgehead atoms. The summed E-state index contributed by atoms with van der Waals surface area (Å²) in [6.07, 6.45) is 1.58. The van der Waals surface area contributed by atoms with Crippen molar-refractivity contribution in [3.63, 3.8) is 0 Å². The van der Waals surface area contributed by atoms with E-state index in [2.05, 4.69) is 15.9 Å². The number of hydrogen-bond donors (Lipinski definition) is 1. The van der Waals surface area contributed by atoms with Crippen LogP contribution in [-0.4, -0.2) is 11.1 Å². The van der Waals surface area contributed by atoms with Crippen molar-refractivity contribution in [1.82, 2.24) is 0 Å². The van der Waals surface area contributed by atoms with Crippen molar-refractivity contribution in [1.29, 1.82) is 0 Å². The highest BCUT2D eigenvalue weighted by Crippen LogP contribution is 2.20. The van der Waals surface area contributed by atoms with Crippen molar-refractivity contribution >= 4 is 33.5 Å². The quantitative estimate of drug-likeness (QED) is 0.914. The lowest BCUT2D eigenvalue weighted by molar-refractivity contribution is -0.137. The minimum absolute atomic E-state index is 0.199. The van der Waals surface area contributed by atoms with Crippen molar-refractivity contribution in [2.45, 2.75) is 19.3 Å². The molecule has 1 aromatic rings. The number of aryl methyl sites for hydroxylation is 1. The largest absolute Gasteiger partial charge is 0.481 e. The Morgan fingerprint density at radius 3 is 2.71 bits per heavy atom. The van der Waals surface area contributed by atoms with Gasteiger partial charge in [0.15, 0.2) is 0 Å². The highest BCUT2D eigenvalue weighted by Gasteiger charge is 2.00. The van der Waals surface area contributed by atoms with E-state index >= 15 is 0 Å². The van der Waals surface area contributed by atoms with Gasteiger partial charge in [-0.1, -0.05) is 27.5 Å². The van der Waals surface area contributed by atoms with Gasteiger partial charge in [0, 0.05) is 15.9 Å². The van der Waals surface area contributed by atoms with Crippen LogP contribution in [-0.2, 0) is 11.2 Å². The van der Waals surface area contributed by atoms with Gasteiger partial charge in [-0.25, -0.2) is 0 Å². The molecule has 76 valence electrons. The molecule has 0 radical (unpaired) electrons. The maximum absolute atomic E-state index is 10.3. The Morgan fingerprint density at radius 1 is 1.43 bits per heavy atom. The Bertz CT molecular complexity index is 319. The summed E-state index contributed by atoms with van der Waals surface area (Å²) in [6, 6.07) is 5.62. The van der Waals surface area contributed by atoms with Crippen LogP contribution in [0.15, 0.2) is 22.7 Å². The molecule has 0 unspecified atom stereocenters. The van der Waals surface area contributed by atoms with Crippen LogP contribution < -0.4 is 0 Å². The second kappa shape index (κ2) is 5.37. The Kier molecular flexibility index (Phi) is 4.42. The molecular formula is C10H10BrClO2. The maximum atomic E-state index is 10.3. The fraction of sp³-hybridized carbons (Fsp3) is 0.300. The third-order valence-electron chi connectivity index (χ3n) is 1.78. The summed E-state index contributed by atoms with van der Waals surface area (Å²) in [4.78, 5) is 10.3. The minimum Gasteiger partial charge on any atom is -0.481 e. The van der Waals surface area contributed by atoms with Crippen molar-refractivity contribution < 1.29 is 9.90 Å². The molecule has 1 N–H and O–H groups in total. The standard InChI is InChI=1S/C10H10BrClO2/c11-8-4-7(5-9(12)6-8)2-1-3-10(13)14/h4-6H,1-3H2,(H,13,14). The minimum atomic E-state index is -0.758. The van der Waals surface area contributed by atoms with Crippen LogP contribution in [0.2, 0.25) is 5.02 Å². The van der Waals surface area contributed by atoms with Crippen LogP contribution >= 0.6 is 27.5 Å². The number of carbonyl (C=O) groups is 1. The number of carboxylic acids is 1. The zero-order chi connectivity index (χ0) is 10.6. The molecule has 0 aliphatic rings. The second-order valence-corrected chi connectivity index (χ2v) is 4.38. The molecule has 2 nitrogen and oxygen atoms in total. The predicted molar refractivity (Wildman–Crippen MR) is 59.7 cm³/mol. The smallest absolute Gasteiger partial charge is 0.303 e. The van der Waals surface area contributed by atoms with Crippen LogP contribution in [0.3, 0.4) is 0 Å². The average Bonchev–Trinajstić information content (AvgIpc) is 2.01. The highest BCUT2D eigenvalue weighted by molar-refractivity contribution is 9.10. The molecule has 1 aromatic carbocycles. The molecule has 1 rings (SSSR count). The molecule has 0 aromatic heterocycles. The van der Waals surface area contributed by atoms with Gasteiger partial charge in [0.1, 0.15) is 0 Å². The molecular weight excluding hydrogens is 267 g/mol. The second-order valence-electron chi connectivity index (χ2n) is 3.02. The summed E-state index contributed by atoms with van der Waals surface area (Å²) in [5.41, 5.74) is 1.06. The molecule has 0 aliphatic heterocycles. The van der Waals surface area contributed by atoms with Gasteiger partial charge < -0.3 is 5.11 Å². The Hall–Kier alpha value is -0.540. The van der Waals surface area contributed by atoms with Crippen LogP contribution in [0.1, 0.15) is 18.4 Å². The van der Waals surface area contributed by atoms with E-state index in [-0.39, 0.29) is 6.42 Å². The first-order valence-electron chi connectivity index (χ1n) is 4.24. The van der Waals surface area contributed by atoms with E-state index in [0.717, 1.165) is 16.5 Å². The molecule has 0 aliphatic carbocycles. The zero-order valence-electron chi connectivity index (χ0n) is 7.46. The fourth-order valence-electron chi connectivity index (χ4n) is 1.20. The van der Waals surface area contributed by atoms with Crippen LogP contribution in [0.5, 0.6) is 0 Å². The van der Waals surface area contributed by atoms with E-state index in [1.807, 2.05) is 18.2 Å². The SMILES string of the molecule is O=C(O)CCCc1cc(Cl)cc(Br)c1. The molecule has 0 fully saturated rings. The van der Waals surface area contributed by atoms with Gasteiger partial charge in [-0.3, -0.25) is 4.79 Å². The molecule has 0 atom stereocenters. The van der Waals surface area contributed by atoms with Gasteiger partial charge in [-0.15, -0.1) is 0 Å². The number of halogens is 2. The molecule has 4 heteroatoms. The normalized spacial score (nSPS) is 10.1. The van der Waals surface area contributed by atoms with Crippen molar-refractivity contribution in [3.8, 4) is 0 Å². The monoisotopic (exact) mass is 276 g/mol. The lowest BCUT2D eigenvalue weighted by Gasteiger charge is -2.01. The third-order valence-corrected chi connectivity index (χ3v) is 2.45. The zero-order valence-corrected chi connectivity index (χ0v) is 9.81. The fourth-order valence-corrected chi connectivity index (χ4v) is 2.13. The first-order valence-corrected chi connectivity index (χ1v) is 5.42. The van der Waals surface area contributed by atoms with Crippen molar-refractivity contribution in [2.75, 3.05) is 0 Å². The summed E-state index contributed by atoms with van der Waals surface area (Å²) in [7, 11) is 0. The summed E-state index contributed by atoms with van der Waals surface area (Å²) in [5.74, 6) is -0.758.